The van der Waals surface area contributed by atoms with Gasteiger partial charge in [-0.05, 0) is 37.1 Å². The third-order valence-electron chi connectivity index (χ3n) is 4.66. The lowest BCUT2D eigenvalue weighted by Crippen LogP contribution is -2.40. The Balaban J connectivity index is 1.66. The topological polar surface area (TPSA) is 46.2 Å². The number of ether oxygens (including phenoxy) is 5. The highest BCUT2D eigenvalue weighted by molar-refractivity contribution is 6.30. The summed E-state index contributed by atoms with van der Waals surface area (Å²) in [6.45, 7) is 4.37. The van der Waals surface area contributed by atoms with Crippen molar-refractivity contribution in [3.05, 3.63) is 34.3 Å². The first kappa shape index (κ1) is 15.8. The van der Waals surface area contributed by atoms with Gasteiger partial charge in [0.05, 0.1) is 6.61 Å². The standard InChI is InChI=1S/C17H21ClO5/c1-17(2)22-12-8-20-16(15(12)23-17)14-11-5-4-10(18)6-9(11)7-13(19-3)21-14/h4-6,12-16H,7-8H2,1-3H3. The Hall–Kier alpha value is -0.690. The molecule has 0 bridgehead atoms. The lowest BCUT2D eigenvalue weighted by molar-refractivity contribution is -0.221. The van der Waals surface area contributed by atoms with Crippen molar-refractivity contribution < 1.29 is 23.7 Å². The molecule has 6 heteroatoms. The van der Waals surface area contributed by atoms with E-state index in [0.717, 1.165) is 11.1 Å². The van der Waals surface area contributed by atoms with E-state index in [0.29, 0.717) is 18.1 Å². The molecular formula is C17H21ClO5. The molecule has 3 aliphatic rings. The zero-order chi connectivity index (χ0) is 16.2. The average Bonchev–Trinajstić information content (AvgIpc) is 3.00. The molecule has 0 spiro atoms. The van der Waals surface area contributed by atoms with Crippen molar-refractivity contribution in [1.29, 1.82) is 0 Å². The molecule has 1 aromatic rings. The molecule has 0 amide bonds. The van der Waals surface area contributed by atoms with Crippen LogP contribution in [0.3, 0.4) is 0 Å². The van der Waals surface area contributed by atoms with Crippen molar-refractivity contribution >= 4 is 11.6 Å². The SMILES string of the molecule is COC1Cc2cc(Cl)ccc2C(C2OCC3OC(C)(C)OC32)O1. The summed E-state index contributed by atoms with van der Waals surface area (Å²) in [5, 5.41) is 0.714. The monoisotopic (exact) mass is 340 g/mol. The molecule has 3 heterocycles. The summed E-state index contributed by atoms with van der Waals surface area (Å²) in [6.07, 6.45) is -0.324. The quantitative estimate of drug-likeness (QED) is 0.828. The van der Waals surface area contributed by atoms with Gasteiger partial charge in [0.15, 0.2) is 12.1 Å². The Morgan fingerprint density at radius 1 is 1.22 bits per heavy atom. The van der Waals surface area contributed by atoms with Crippen LogP contribution in [0.5, 0.6) is 0 Å². The van der Waals surface area contributed by atoms with Gasteiger partial charge in [-0.15, -0.1) is 0 Å². The molecule has 5 unspecified atom stereocenters. The molecule has 0 N–H and O–H groups in total. The number of hydrogen-bond acceptors (Lipinski definition) is 5. The molecule has 0 radical (unpaired) electrons. The number of hydrogen-bond donors (Lipinski definition) is 0. The molecule has 0 saturated carbocycles. The molecule has 3 aliphatic heterocycles. The van der Waals surface area contributed by atoms with Crippen molar-refractivity contribution in [3.63, 3.8) is 0 Å². The minimum Gasteiger partial charge on any atom is -0.370 e. The summed E-state index contributed by atoms with van der Waals surface area (Å²) in [7, 11) is 1.65. The van der Waals surface area contributed by atoms with Crippen molar-refractivity contribution in [2.75, 3.05) is 13.7 Å². The van der Waals surface area contributed by atoms with Crippen molar-refractivity contribution in [3.8, 4) is 0 Å². The summed E-state index contributed by atoms with van der Waals surface area (Å²) in [5.41, 5.74) is 2.22. The summed E-state index contributed by atoms with van der Waals surface area (Å²) in [4.78, 5) is 0. The minimum atomic E-state index is -0.588. The number of benzene rings is 1. The second kappa shape index (κ2) is 5.69. The second-order valence-corrected chi connectivity index (χ2v) is 7.14. The lowest BCUT2D eigenvalue weighted by atomic mass is 9.91. The number of rotatable bonds is 2. The fourth-order valence-electron chi connectivity index (χ4n) is 3.72. The van der Waals surface area contributed by atoms with Crippen LogP contribution in [-0.4, -0.2) is 44.1 Å². The largest absolute Gasteiger partial charge is 0.370 e. The van der Waals surface area contributed by atoms with E-state index in [9.17, 15) is 0 Å². The van der Waals surface area contributed by atoms with Gasteiger partial charge >= 0.3 is 0 Å². The molecule has 0 aliphatic carbocycles. The molecule has 1 aromatic carbocycles. The first-order valence-electron chi connectivity index (χ1n) is 7.91. The van der Waals surface area contributed by atoms with Crippen LogP contribution in [0.1, 0.15) is 31.1 Å². The maximum absolute atomic E-state index is 6.14. The van der Waals surface area contributed by atoms with Gasteiger partial charge in [0.2, 0.25) is 0 Å². The maximum Gasteiger partial charge on any atom is 0.164 e. The fraction of sp³-hybridized carbons (Fsp3) is 0.647. The highest BCUT2D eigenvalue weighted by Gasteiger charge is 2.54. The van der Waals surface area contributed by atoms with E-state index in [1.165, 1.54) is 0 Å². The molecule has 2 saturated heterocycles. The van der Waals surface area contributed by atoms with E-state index < -0.39 is 5.79 Å². The molecule has 0 aromatic heterocycles. The van der Waals surface area contributed by atoms with E-state index in [1.54, 1.807) is 7.11 Å². The van der Waals surface area contributed by atoms with Gasteiger partial charge < -0.3 is 23.7 Å². The first-order valence-corrected chi connectivity index (χ1v) is 8.28. The smallest absolute Gasteiger partial charge is 0.164 e. The third-order valence-corrected chi connectivity index (χ3v) is 4.89. The number of halogens is 1. The Morgan fingerprint density at radius 3 is 2.83 bits per heavy atom. The van der Waals surface area contributed by atoms with Gasteiger partial charge in [-0.2, -0.15) is 0 Å². The molecule has 5 nitrogen and oxygen atoms in total. The van der Waals surface area contributed by atoms with Crippen LogP contribution in [0, 0.1) is 0 Å². The zero-order valence-electron chi connectivity index (χ0n) is 13.5. The summed E-state index contributed by atoms with van der Waals surface area (Å²) in [6, 6.07) is 5.86. The molecule has 126 valence electrons. The van der Waals surface area contributed by atoms with Crippen LogP contribution in [-0.2, 0) is 30.1 Å². The van der Waals surface area contributed by atoms with Gasteiger partial charge in [0.1, 0.15) is 24.4 Å². The Kier molecular flexibility index (Phi) is 3.91. The number of fused-ring (bicyclic) bond motifs is 2. The Labute approximate surface area is 140 Å². The number of methoxy groups -OCH3 is 1. The minimum absolute atomic E-state index is 0.0581. The van der Waals surface area contributed by atoms with Crippen LogP contribution in [0.25, 0.3) is 0 Å². The van der Waals surface area contributed by atoms with Crippen LogP contribution in [0.15, 0.2) is 18.2 Å². The Bertz CT molecular complexity index is 605. The average molecular weight is 341 g/mol. The van der Waals surface area contributed by atoms with Gasteiger partial charge in [-0.3, -0.25) is 0 Å². The van der Waals surface area contributed by atoms with E-state index in [-0.39, 0.29) is 30.7 Å². The van der Waals surface area contributed by atoms with Crippen LogP contribution < -0.4 is 0 Å². The summed E-state index contributed by atoms with van der Waals surface area (Å²) in [5.74, 6) is -0.588. The normalized spacial score (nSPS) is 38.3. The fourth-order valence-corrected chi connectivity index (χ4v) is 3.91. The second-order valence-electron chi connectivity index (χ2n) is 6.71. The van der Waals surface area contributed by atoms with Gasteiger partial charge in [-0.25, -0.2) is 0 Å². The van der Waals surface area contributed by atoms with Crippen LogP contribution in [0.2, 0.25) is 5.02 Å². The predicted octanol–water partition coefficient (Wildman–Crippen LogP) is 2.85. The lowest BCUT2D eigenvalue weighted by Gasteiger charge is -2.36. The van der Waals surface area contributed by atoms with Gasteiger partial charge in [0, 0.05) is 18.6 Å². The molecule has 23 heavy (non-hydrogen) atoms. The summed E-state index contributed by atoms with van der Waals surface area (Å²) < 4.78 is 29.5. The van der Waals surface area contributed by atoms with Gasteiger partial charge in [-0.1, -0.05) is 17.7 Å². The van der Waals surface area contributed by atoms with Crippen LogP contribution >= 0.6 is 11.6 Å². The van der Waals surface area contributed by atoms with Gasteiger partial charge in [0.25, 0.3) is 0 Å². The molecular weight excluding hydrogens is 320 g/mol. The van der Waals surface area contributed by atoms with Crippen molar-refractivity contribution in [2.45, 2.75) is 56.8 Å². The van der Waals surface area contributed by atoms with E-state index in [4.69, 9.17) is 35.3 Å². The maximum atomic E-state index is 6.14. The highest BCUT2D eigenvalue weighted by Crippen LogP contribution is 2.44. The molecule has 5 atom stereocenters. The Morgan fingerprint density at radius 2 is 2.04 bits per heavy atom. The van der Waals surface area contributed by atoms with E-state index in [2.05, 4.69) is 0 Å². The predicted molar refractivity (Wildman–Crippen MR) is 83.3 cm³/mol. The third kappa shape index (κ3) is 2.80. The highest BCUT2D eigenvalue weighted by atomic mass is 35.5. The van der Waals surface area contributed by atoms with Crippen LogP contribution in [0.4, 0.5) is 0 Å². The molecule has 4 rings (SSSR count). The van der Waals surface area contributed by atoms with Crippen molar-refractivity contribution in [2.24, 2.45) is 0 Å². The first-order chi connectivity index (χ1) is 11.0. The van der Waals surface area contributed by atoms with E-state index >= 15 is 0 Å². The van der Waals surface area contributed by atoms with Crippen molar-refractivity contribution in [1.82, 2.24) is 0 Å². The zero-order valence-corrected chi connectivity index (χ0v) is 14.2. The summed E-state index contributed by atoms with van der Waals surface area (Å²) >= 11 is 6.14. The van der Waals surface area contributed by atoms with E-state index in [1.807, 2.05) is 32.0 Å². The molecule has 2 fully saturated rings.